The van der Waals surface area contributed by atoms with E-state index < -0.39 is 0 Å². The minimum Gasteiger partial charge on any atom is -0.496 e. The second-order valence-electron chi connectivity index (χ2n) is 8.59. The van der Waals surface area contributed by atoms with Gasteiger partial charge in [-0.05, 0) is 48.6 Å². The van der Waals surface area contributed by atoms with Crippen LogP contribution in [0.15, 0.2) is 42.5 Å². The molecule has 7 heteroatoms. The summed E-state index contributed by atoms with van der Waals surface area (Å²) in [6, 6.07) is 14.6. The molecule has 0 aliphatic carbocycles. The summed E-state index contributed by atoms with van der Waals surface area (Å²) in [5.41, 5.74) is 3.29. The Balaban J connectivity index is 1.66. The van der Waals surface area contributed by atoms with E-state index in [0.29, 0.717) is 12.5 Å². The van der Waals surface area contributed by atoms with Crippen LogP contribution in [0.4, 0.5) is 17.5 Å². The van der Waals surface area contributed by atoms with E-state index >= 15 is 0 Å². The summed E-state index contributed by atoms with van der Waals surface area (Å²) in [6.07, 6.45) is 2.10. The number of aromatic nitrogens is 2. The Morgan fingerprint density at radius 1 is 1.06 bits per heavy atom. The SMILES string of the molecule is COc1ccccc1C1CCN(c2nc(N(C)C)nc3ccc(N(C)CCO)cc23)CC1. The number of aliphatic hydroxyl groups is 1. The molecule has 0 spiro atoms. The zero-order chi connectivity index (χ0) is 22.7. The van der Waals surface area contributed by atoms with Gasteiger partial charge in [-0.3, -0.25) is 0 Å². The van der Waals surface area contributed by atoms with Crippen LogP contribution in [0.5, 0.6) is 5.75 Å². The first-order valence-electron chi connectivity index (χ1n) is 11.2. The molecule has 0 saturated carbocycles. The zero-order valence-electron chi connectivity index (χ0n) is 19.5. The topological polar surface area (TPSA) is 65.0 Å². The Bertz CT molecular complexity index is 1060. The van der Waals surface area contributed by atoms with Gasteiger partial charge >= 0.3 is 0 Å². The van der Waals surface area contributed by atoms with Gasteiger partial charge in [0.05, 0.1) is 19.2 Å². The quantitative estimate of drug-likeness (QED) is 0.609. The number of hydrogen-bond acceptors (Lipinski definition) is 7. The molecule has 1 fully saturated rings. The second-order valence-corrected chi connectivity index (χ2v) is 8.59. The molecule has 1 aliphatic rings. The number of likely N-dealkylation sites (N-methyl/N-ethyl adjacent to an activating group) is 1. The van der Waals surface area contributed by atoms with Crippen LogP contribution in [0.3, 0.4) is 0 Å². The molecule has 0 amide bonds. The molecular formula is C25H33N5O2. The molecule has 1 aliphatic heterocycles. The third-order valence-corrected chi connectivity index (χ3v) is 6.30. The first-order chi connectivity index (χ1) is 15.5. The van der Waals surface area contributed by atoms with Crippen molar-refractivity contribution in [3.63, 3.8) is 0 Å². The maximum Gasteiger partial charge on any atom is 0.227 e. The third kappa shape index (κ3) is 4.43. The fourth-order valence-electron chi connectivity index (χ4n) is 4.45. The van der Waals surface area contributed by atoms with Crippen molar-refractivity contribution >= 4 is 28.4 Å². The molecule has 1 aromatic heterocycles. The third-order valence-electron chi connectivity index (χ3n) is 6.30. The van der Waals surface area contributed by atoms with Crippen LogP contribution in [0.25, 0.3) is 10.9 Å². The molecule has 170 valence electrons. The first kappa shape index (κ1) is 22.1. The number of nitrogens with zero attached hydrogens (tertiary/aromatic N) is 5. The number of piperidine rings is 1. The van der Waals surface area contributed by atoms with E-state index in [1.807, 2.05) is 38.2 Å². The van der Waals surface area contributed by atoms with Crippen molar-refractivity contribution in [1.82, 2.24) is 9.97 Å². The Morgan fingerprint density at radius 3 is 2.50 bits per heavy atom. The summed E-state index contributed by atoms with van der Waals surface area (Å²) in [5, 5.41) is 10.4. The van der Waals surface area contributed by atoms with Gasteiger partial charge in [0.25, 0.3) is 0 Å². The molecule has 3 aromatic rings. The molecule has 0 atom stereocenters. The van der Waals surface area contributed by atoms with Crippen molar-refractivity contribution in [3.8, 4) is 5.75 Å². The van der Waals surface area contributed by atoms with Gasteiger partial charge in [0.2, 0.25) is 5.95 Å². The van der Waals surface area contributed by atoms with Crippen molar-refractivity contribution in [2.24, 2.45) is 0 Å². The number of rotatable bonds is 7. The average Bonchev–Trinajstić information content (AvgIpc) is 2.83. The normalized spacial score (nSPS) is 14.6. The molecule has 0 bridgehead atoms. The lowest BCUT2D eigenvalue weighted by Crippen LogP contribution is -2.34. The van der Waals surface area contributed by atoms with Crippen LogP contribution in [0.2, 0.25) is 0 Å². The van der Waals surface area contributed by atoms with Crippen molar-refractivity contribution in [1.29, 1.82) is 0 Å². The highest BCUT2D eigenvalue weighted by molar-refractivity contribution is 5.93. The van der Waals surface area contributed by atoms with E-state index in [9.17, 15) is 5.11 Å². The van der Waals surface area contributed by atoms with E-state index in [1.54, 1.807) is 7.11 Å². The van der Waals surface area contributed by atoms with Gasteiger partial charge in [0.15, 0.2) is 0 Å². The second kappa shape index (κ2) is 9.61. The van der Waals surface area contributed by atoms with Crippen molar-refractivity contribution in [2.75, 3.05) is 69.2 Å². The Hall–Kier alpha value is -3.06. The highest BCUT2D eigenvalue weighted by Crippen LogP contribution is 2.37. The predicted molar refractivity (Wildman–Crippen MR) is 131 cm³/mol. The van der Waals surface area contributed by atoms with E-state index in [4.69, 9.17) is 14.7 Å². The summed E-state index contributed by atoms with van der Waals surface area (Å²) < 4.78 is 5.60. The lowest BCUT2D eigenvalue weighted by Gasteiger charge is -2.34. The van der Waals surface area contributed by atoms with Crippen LogP contribution in [-0.4, -0.2) is 69.6 Å². The van der Waals surface area contributed by atoms with E-state index in [2.05, 4.69) is 40.1 Å². The first-order valence-corrected chi connectivity index (χ1v) is 11.2. The number of fused-ring (bicyclic) bond motifs is 1. The molecule has 1 N–H and O–H groups in total. The maximum absolute atomic E-state index is 9.33. The van der Waals surface area contributed by atoms with Crippen LogP contribution in [0, 0.1) is 0 Å². The highest BCUT2D eigenvalue weighted by Gasteiger charge is 2.25. The lowest BCUT2D eigenvalue weighted by atomic mass is 9.88. The molecule has 0 unspecified atom stereocenters. The predicted octanol–water partition coefficient (Wildman–Crippen LogP) is 3.52. The molecule has 32 heavy (non-hydrogen) atoms. The van der Waals surface area contributed by atoms with Crippen LogP contribution < -0.4 is 19.4 Å². The number of ether oxygens (including phenoxy) is 1. The summed E-state index contributed by atoms with van der Waals surface area (Å²) in [7, 11) is 7.69. The van der Waals surface area contributed by atoms with E-state index in [-0.39, 0.29) is 6.61 Å². The smallest absolute Gasteiger partial charge is 0.227 e. The highest BCUT2D eigenvalue weighted by atomic mass is 16.5. The van der Waals surface area contributed by atoms with Crippen LogP contribution in [0.1, 0.15) is 24.3 Å². The number of methoxy groups -OCH3 is 1. The number of anilines is 3. The van der Waals surface area contributed by atoms with Gasteiger partial charge in [0.1, 0.15) is 11.6 Å². The molecule has 7 nitrogen and oxygen atoms in total. The number of benzene rings is 2. The van der Waals surface area contributed by atoms with Crippen LogP contribution >= 0.6 is 0 Å². The maximum atomic E-state index is 9.33. The molecule has 4 rings (SSSR count). The lowest BCUT2D eigenvalue weighted by molar-refractivity contribution is 0.304. The number of aliphatic hydroxyl groups excluding tert-OH is 1. The Kier molecular flexibility index (Phi) is 6.65. The van der Waals surface area contributed by atoms with Gasteiger partial charge < -0.3 is 24.5 Å². The Morgan fingerprint density at radius 2 is 1.81 bits per heavy atom. The van der Waals surface area contributed by atoms with Gasteiger partial charge in [-0.2, -0.15) is 4.98 Å². The van der Waals surface area contributed by atoms with Gasteiger partial charge in [-0.1, -0.05) is 18.2 Å². The molecule has 0 radical (unpaired) electrons. The molecule has 2 heterocycles. The van der Waals surface area contributed by atoms with Crippen molar-refractivity contribution in [3.05, 3.63) is 48.0 Å². The fourth-order valence-corrected chi connectivity index (χ4v) is 4.45. The minimum absolute atomic E-state index is 0.119. The average molecular weight is 436 g/mol. The standard InChI is InChI=1S/C25H33N5O2/c1-28(2)25-26-22-10-9-19(29(3)15-16-31)17-21(22)24(27-25)30-13-11-18(12-14-30)20-7-5-6-8-23(20)32-4/h5-10,17-18,31H,11-16H2,1-4H3. The number of hydrogen-bond donors (Lipinski definition) is 1. The minimum atomic E-state index is 0.119. The van der Waals surface area contributed by atoms with Gasteiger partial charge in [-0.25, -0.2) is 4.98 Å². The van der Waals surface area contributed by atoms with Gasteiger partial charge in [0, 0.05) is 51.9 Å². The molecule has 2 aromatic carbocycles. The summed E-state index contributed by atoms with van der Waals surface area (Å²) >= 11 is 0. The number of para-hydroxylation sites is 1. The van der Waals surface area contributed by atoms with E-state index in [0.717, 1.165) is 60.0 Å². The van der Waals surface area contributed by atoms with Crippen molar-refractivity contribution in [2.45, 2.75) is 18.8 Å². The van der Waals surface area contributed by atoms with Gasteiger partial charge in [-0.15, -0.1) is 0 Å². The summed E-state index contributed by atoms with van der Waals surface area (Å²) in [4.78, 5) is 16.1. The van der Waals surface area contributed by atoms with Crippen LogP contribution in [-0.2, 0) is 0 Å². The molecule has 1 saturated heterocycles. The summed E-state index contributed by atoms with van der Waals surface area (Å²) in [5.74, 6) is 3.16. The van der Waals surface area contributed by atoms with E-state index in [1.165, 1.54) is 5.56 Å². The van der Waals surface area contributed by atoms with Crippen molar-refractivity contribution < 1.29 is 9.84 Å². The summed E-state index contributed by atoms with van der Waals surface area (Å²) in [6.45, 7) is 2.56. The largest absolute Gasteiger partial charge is 0.496 e. The monoisotopic (exact) mass is 435 g/mol. The molecular weight excluding hydrogens is 402 g/mol. The fraction of sp³-hybridized carbons (Fsp3) is 0.440. The Labute approximate surface area is 190 Å². The zero-order valence-corrected chi connectivity index (χ0v) is 19.5.